The van der Waals surface area contributed by atoms with Crippen molar-refractivity contribution in [2.24, 2.45) is 0 Å². The number of hydrogen-bond acceptors (Lipinski definition) is 2. The van der Waals surface area contributed by atoms with E-state index in [0.717, 1.165) is 6.07 Å². The van der Waals surface area contributed by atoms with Gasteiger partial charge in [0.15, 0.2) is 0 Å². The first kappa shape index (κ1) is 17.2. The highest BCUT2D eigenvalue weighted by atomic mass is 19.4. The summed E-state index contributed by atoms with van der Waals surface area (Å²) in [5, 5.41) is 10.8. The standard InChI is InChI=1S/C15H15F4NO3/c16-10-4-1-3-9(7-10)14(5-2-6-14)13(23)20-11(12(21)22)8-15(17,18)19/h1,3-4,7,11H,2,5-6,8H2,(H,20,23)(H,21,22). The molecule has 0 heterocycles. The van der Waals surface area contributed by atoms with E-state index in [-0.39, 0.29) is 0 Å². The number of aliphatic carboxylic acids is 1. The minimum atomic E-state index is -4.72. The summed E-state index contributed by atoms with van der Waals surface area (Å²) in [6, 6.07) is 3.20. The maximum absolute atomic E-state index is 13.4. The predicted octanol–water partition coefficient (Wildman–Crippen LogP) is 2.77. The van der Waals surface area contributed by atoms with Crippen LogP contribution in [0.15, 0.2) is 24.3 Å². The number of carboxylic acids is 1. The number of carbonyl (C=O) groups excluding carboxylic acids is 1. The van der Waals surface area contributed by atoms with Gasteiger partial charge in [0.25, 0.3) is 0 Å². The third-order valence-electron chi connectivity index (χ3n) is 4.06. The van der Waals surface area contributed by atoms with Gasteiger partial charge in [0.1, 0.15) is 11.9 Å². The molecule has 1 amide bonds. The Morgan fingerprint density at radius 3 is 2.39 bits per heavy atom. The minimum absolute atomic E-state index is 0.334. The van der Waals surface area contributed by atoms with E-state index in [0.29, 0.717) is 24.8 Å². The number of benzene rings is 1. The topological polar surface area (TPSA) is 66.4 Å². The summed E-state index contributed by atoms with van der Waals surface area (Å²) in [5.74, 6) is -3.14. The van der Waals surface area contributed by atoms with E-state index in [1.54, 1.807) is 0 Å². The Labute approximate surface area is 129 Å². The maximum atomic E-state index is 13.4. The predicted molar refractivity (Wildman–Crippen MR) is 72.2 cm³/mol. The lowest BCUT2D eigenvalue weighted by molar-refractivity contribution is -0.161. The lowest BCUT2D eigenvalue weighted by atomic mass is 9.63. The molecule has 1 aliphatic carbocycles. The van der Waals surface area contributed by atoms with Gasteiger partial charge in [0, 0.05) is 0 Å². The SMILES string of the molecule is O=C(O)C(CC(F)(F)F)NC(=O)C1(c2cccc(F)c2)CCC1. The van der Waals surface area contributed by atoms with Crippen LogP contribution in [0.4, 0.5) is 17.6 Å². The van der Waals surface area contributed by atoms with Crippen LogP contribution in [0.25, 0.3) is 0 Å². The van der Waals surface area contributed by atoms with E-state index < -0.39 is 41.7 Å². The molecule has 8 heteroatoms. The third-order valence-corrected chi connectivity index (χ3v) is 4.06. The van der Waals surface area contributed by atoms with Crippen LogP contribution in [0.1, 0.15) is 31.2 Å². The molecular weight excluding hydrogens is 318 g/mol. The van der Waals surface area contributed by atoms with E-state index in [2.05, 4.69) is 0 Å². The molecule has 1 saturated carbocycles. The van der Waals surface area contributed by atoms with Crippen molar-refractivity contribution in [3.8, 4) is 0 Å². The van der Waals surface area contributed by atoms with E-state index in [1.807, 2.05) is 5.32 Å². The molecule has 1 aliphatic rings. The second-order valence-electron chi connectivity index (χ2n) is 5.63. The highest BCUT2D eigenvalue weighted by Gasteiger charge is 2.47. The molecule has 0 bridgehead atoms. The lowest BCUT2D eigenvalue weighted by Gasteiger charge is -2.41. The molecule has 126 valence electrons. The van der Waals surface area contributed by atoms with E-state index >= 15 is 0 Å². The fraction of sp³-hybridized carbons (Fsp3) is 0.467. The van der Waals surface area contributed by atoms with Gasteiger partial charge in [-0.2, -0.15) is 13.2 Å². The Kier molecular flexibility index (Phi) is 4.63. The van der Waals surface area contributed by atoms with Crippen LogP contribution < -0.4 is 5.32 Å². The van der Waals surface area contributed by atoms with E-state index in [4.69, 9.17) is 5.11 Å². The van der Waals surface area contributed by atoms with Crippen LogP contribution in [-0.2, 0) is 15.0 Å². The number of carboxylic acid groups (broad SMARTS) is 1. The molecule has 2 N–H and O–H groups in total. The molecule has 23 heavy (non-hydrogen) atoms. The fourth-order valence-electron chi connectivity index (χ4n) is 2.69. The van der Waals surface area contributed by atoms with Crippen LogP contribution in [0.2, 0.25) is 0 Å². The molecule has 1 fully saturated rings. The average molecular weight is 333 g/mol. The fourth-order valence-corrected chi connectivity index (χ4v) is 2.69. The van der Waals surface area contributed by atoms with Gasteiger partial charge in [-0.1, -0.05) is 18.6 Å². The zero-order valence-corrected chi connectivity index (χ0v) is 12.0. The van der Waals surface area contributed by atoms with Crippen molar-refractivity contribution < 1.29 is 32.3 Å². The van der Waals surface area contributed by atoms with Gasteiger partial charge in [0.2, 0.25) is 5.91 Å². The van der Waals surface area contributed by atoms with Crippen molar-refractivity contribution in [2.75, 3.05) is 0 Å². The largest absolute Gasteiger partial charge is 0.480 e. The zero-order valence-electron chi connectivity index (χ0n) is 12.0. The Morgan fingerprint density at radius 2 is 1.96 bits per heavy atom. The molecule has 0 aromatic heterocycles. The molecule has 0 radical (unpaired) electrons. The smallest absolute Gasteiger partial charge is 0.391 e. The van der Waals surface area contributed by atoms with Crippen molar-refractivity contribution >= 4 is 11.9 Å². The van der Waals surface area contributed by atoms with Gasteiger partial charge >= 0.3 is 12.1 Å². The number of alkyl halides is 3. The summed E-state index contributed by atoms with van der Waals surface area (Å²) in [7, 11) is 0. The maximum Gasteiger partial charge on any atom is 0.391 e. The number of amides is 1. The molecule has 0 saturated heterocycles. The number of rotatable bonds is 5. The van der Waals surface area contributed by atoms with Gasteiger partial charge in [-0.3, -0.25) is 4.79 Å². The molecule has 4 nitrogen and oxygen atoms in total. The van der Waals surface area contributed by atoms with Crippen LogP contribution in [-0.4, -0.2) is 29.2 Å². The molecule has 1 aromatic rings. The highest BCUT2D eigenvalue weighted by Crippen LogP contribution is 2.44. The van der Waals surface area contributed by atoms with Crippen molar-refractivity contribution in [3.63, 3.8) is 0 Å². The van der Waals surface area contributed by atoms with Gasteiger partial charge in [-0.15, -0.1) is 0 Å². The molecule has 0 aliphatic heterocycles. The average Bonchev–Trinajstić information content (AvgIpc) is 2.35. The van der Waals surface area contributed by atoms with E-state index in [1.165, 1.54) is 18.2 Å². The number of carbonyl (C=O) groups is 2. The summed E-state index contributed by atoms with van der Waals surface area (Å²) in [5.41, 5.74) is -0.820. The van der Waals surface area contributed by atoms with Crippen LogP contribution >= 0.6 is 0 Å². The molecule has 1 aromatic carbocycles. The normalized spacial score (nSPS) is 17.9. The lowest BCUT2D eigenvalue weighted by Crippen LogP contribution is -2.54. The molecular formula is C15H15F4NO3. The van der Waals surface area contributed by atoms with Gasteiger partial charge in [-0.25, -0.2) is 9.18 Å². The Bertz CT molecular complexity index is 611. The second-order valence-corrected chi connectivity index (χ2v) is 5.63. The van der Waals surface area contributed by atoms with E-state index in [9.17, 15) is 27.2 Å². The van der Waals surface area contributed by atoms with Crippen LogP contribution in [0, 0.1) is 5.82 Å². The molecule has 1 atom stereocenters. The summed E-state index contributed by atoms with van der Waals surface area (Å²) in [4.78, 5) is 23.4. The third kappa shape index (κ3) is 3.80. The van der Waals surface area contributed by atoms with Gasteiger partial charge in [0.05, 0.1) is 11.8 Å². The zero-order chi connectivity index (χ0) is 17.3. The summed E-state index contributed by atoms with van der Waals surface area (Å²) in [6.07, 6.45) is -5.06. The summed E-state index contributed by atoms with van der Waals surface area (Å²) >= 11 is 0. The summed E-state index contributed by atoms with van der Waals surface area (Å²) in [6.45, 7) is 0. The Balaban J connectivity index is 2.21. The number of hydrogen-bond donors (Lipinski definition) is 2. The molecule has 2 rings (SSSR count). The summed E-state index contributed by atoms with van der Waals surface area (Å²) < 4.78 is 50.6. The van der Waals surface area contributed by atoms with Crippen LogP contribution in [0.3, 0.4) is 0 Å². The quantitative estimate of drug-likeness (QED) is 0.814. The number of nitrogens with one attached hydrogen (secondary N) is 1. The second kappa shape index (κ2) is 6.17. The van der Waals surface area contributed by atoms with Crippen molar-refractivity contribution in [1.82, 2.24) is 5.32 Å². The van der Waals surface area contributed by atoms with Crippen molar-refractivity contribution in [3.05, 3.63) is 35.6 Å². The van der Waals surface area contributed by atoms with Gasteiger partial charge < -0.3 is 10.4 Å². The molecule has 1 unspecified atom stereocenters. The molecule has 0 spiro atoms. The first-order valence-electron chi connectivity index (χ1n) is 7.01. The Hall–Kier alpha value is -2.12. The highest BCUT2D eigenvalue weighted by molar-refractivity contribution is 5.92. The van der Waals surface area contributed by atoms with Crippen molar-refractivity contribution in [2.45, 2.75) is 43.3 Å². The van der Waals surface area contributed by atoms with Gasteiger partial charge in [-0.05, 0) is 30.5 Å². The van der Waals surface area contributed by atoms with Crippen molar-refractivity contribution in [1.29, 1.82) is 0 Å². The first-order valence-corrected chi connectivity index (χ1v) is 7.01. The first-order chi connectivity index (χ1) is 10.6. The Morgan fingerprint density at radius 1 is 1.30 bits per heavy atom. The number of halogens is 4. The monoisotopic (exact) mass is 333 g/mol. The minimum Gasteiger partial charge on any atom is -0.480 e. The van der Waals surface area contributed by atoms with Crippen LogP contribution in [0.5, 0.6) is 0 Å².